The van der Waals surface area contributed by atoms with Gasteiger partial charge >= 0.3 is 292 Å². The minimum Gasteiger partial charge on any atom is -0.0602 e. The number of benzene rings is 9. The van der Waals surface area contributed by atoms with Crippen molar-refractivity contribution in [1.29, 1.82) is 0 Å². The zero-order valence-electron chi connectivity index (χ0n) is 30.5. The Morgan fingerprint density at radius 1 is 0.236 bits per heavy atom. The Morgan fingerprint density at radius 2 is 0.564 bits per heavy atom. The second kappa shape index (κ2) is 15.4. The molecule has 0 atom stereocenters. The van der Waals surface area contributed by atoms with E-state index in [1.54, 1.807) is 0 Å². The number of nitrogens with zero attached hydrogens (tertiary/aromatic N) is 2. The summed E-state index contributed by atoms with van der Waals surface area (Å²) in [5.74, 6) is 0. The van der Waals surface area contributed by atoms with Crippen LogP contribution in [0.5, 0.6) is 0 Å². The molecule has 0 saturated heterocycles. The summed E-state index contributed by atoms with van der Waals surface area (Å²) in [6, 6.07) is 88.5. The molecule has 0 radical (unpaired) electrons. The molecule has 262 valence electrons. The van der Waals surface area contributed by atoms with Gasteiger partial charge in [-0.05, 0) is 0 Å². The first-order valence-electron chi connectivity index (χ1n) is 18.9. The van der Waals surface area contributed by atoms with Gasteiger partial charge < -0.3 is 0 Å². The normalized spacial score (nSPS) is 11.3. The van der Waals surface area contributed by atoms with Crippen LogP contribution in [0.2, 0.25) is 0 Å². The third kappa shape index (κ3) is 6.52. The van der Waals surface area contributed by atoms with Crippen molar-refractivity contribution in [3.63, 3.8) is 0 Å². The number of fused-ring (bicyclic) bond motifs is 1. The van der Waals surface area contributed by atoms with Gasteiger partial charge in [-0.15, -0.1) is 0 Å². The van der Waals surface area contributed by atoms with Crippen LogP contribution in [0.4, 0.5) is 34.1 Å². The molecule has 0 aliphatic carbocycles. The van der Waals surface area contributed by atoms with Crippen LogP contribution in [0, 0.1) is 0 Å². The fourth-order valence-corrected chi connectivity index (χ4v) is 18.1. The van der Waals surface area contributed by atoms with E-state index in [2.05, 4.69) is 252 Å². The van der Waals surface area contributed by atoms with Crippen molar-refractivity contribution in [2.45, 2.75) is 0 Å². The van der Waals surface area contributed by atoms with E-state index in [9.17, 15) is 0 Å². The first-order valence-corrected chi connectivity index (χ1v) is 23.1. The van der Waals surface area contributed by atoms with Crippen LogP contribution in [0.1, 0.15) is 0 Å². The Bertz CT molecular complexity index is 2470. The number of rotatable bonds is 10. The number of hydrogen-bond acceptors (Lipinski definition) is 2. The van der Waals surface area contributed by atoms with Gasteiger partial charge in [-0.1, -0.05) is 36.4 Å². The molecule has 0 aromatic heterocycles. The molecule has 2 nitrogen and oxygen atoms in total. The average molecular weight is 766 g/mol. The van der Waals surface area contributed by atoms with Crippen LogP contribution in [-0.2, 0) is 0 Å². The van der Waals surface area contributed by atoms with Crippen LogP contribution < -0.4 is 27.4 Å². The van der Waals surface area contributed by atoms with E-state index in [0.29, 0.717) is 0 Å². The number of hydrogen-bond donors (Lipinski definition) is 0. The predicted octanol–water partition coefficient (Wildman–Crippen LogP) is 11.2. The summed E-state index contributed by atoms with van der Waals surface area (Å²) >= 11 is -3.42. The van der Waals surface area contributed by atoms with Gasteiger partial charge in [0.25, 0.3) is 0 Å². The molecule has 9 aromatic rings. The van der Waals surface area contributed by atoms with Gasteiger partial charge in [-0.3, -0.25) is 0 Å². The Balaban J connectivity index is 1.20. The molecular formula is C52H40GeN2. The summed E-state index contributed by atoms with van der Waals surface area (Å²) in [5, 5.41) is 2.42. The minimum atomic E-state index is -3.42. The second-order valence-electron chi connectivity index (χ2n) is 13.8. The van der Waals surface area contributed by atoms with Gasteiger partial charge in [0.05, 0.1) is 0 Å². The van der Waals surface area contributed by atoms with Crippen molar-refractivity contribution < 1.29 is 0 Å². The van der Waals surface area contributed by atoms with E-state index < -0.39 is 13.3 Å². The third-order valence-corrected chi connectivity index (χ3v) is 20.6. The molecule has 0 saturated carbocycles. The first kappa shape index (κ1) is 34.2. The maximum atomic E-state index is 2.41. The zero-order valence-corrected chi connectivity index (χ0v) is 32.6. The molecule has 0 bridgehead atoms. The summed E-state index contributed by atoms with van der Waals surface area (Å²) in [5.41, 5.74) is 6.68. The first-order chi connectivity index (χ1) is 27.3. The van der Waals surface area contributed by atoms with Crippen molar-refractivity contribution in [3.05, 3.63) is 243 Å². The van der Waals surface area contributed by atoms with Gasteiger partial charge in [-0.25, -0.2) is 0 Å². The Labute approximate surface area is 326 Å². The monoisotopic (exact) mass is 766 g/mol. The Kier molecular flexibility index (Phi) is 9.56. The third-order valence-electron chi connectivity index (χ3n) is 10.6. The Hall–Kier alpha value is -6.62. The molecule has 0 spiro atoms. The fourth-order valence-electron chi connectivity index (χ4n) is 8.11. The van der Waals surface area contributed by atoms with Crippen molar-refractivity contribution in [1.82, 2.24) is 0 Å². The smallest absolute Gasteiger partial charge is 0.0602 e. The van der Waals surface area contributed by atoms with E-state index in [4.69, 9.17) is 0 Å². The topological polar surface area (TPSA) is 6.48 Å². The van der Waals surface area contributed by atoms with Gasteiger partial charge in [0.1, 0.15) is 0 Å². The van der Waals surface area contributed by atoms with Gasteiger partial charge in [0.2, 0.25) is 0 Å². The van der Waals surface area contributed by atoms with Crippen molar-refractivity contribution in [3.8, 4) is 0 Å². The fraction of sp³-hybridized carbons (Fsp3) is 0. The van der Waals surface area contributed by atoms with E-state index in [-0.39, 0.29) is 0 Å². The summed E-state index contributed by atoms with van der Waals surface area (Å²) < 4.78 is 5.63. The zero-order chi connectivity index (χ0) is 36.9. The minimum absolute atomic E-state index is 1.09. The molecular weight excluding hydrogens is 725 g/mol. The molecule has 0 fully saturated rings. The number of para-hydroxylation sites is 2. The molecule has 9 rings (SSSR count). The number of anilines is 6. The molecule has 0 N–H and O–H groups in total. The van der Waals surface area contributed by atoms with E-state index in [1.807, 2.05) is 0 Å². The van der Waals surface area contributed by atoms with Crippen LogP contribution >= 0.6 is 0 Å². The van der Waals surface area contributed by atoms with Gasteiger partial charge in [-0.2, -0.15) is 0 Å². The van der Waals surface area contributed by atoms with Gasteiger partial charge in [0.15, 0.2) is 0 Å². The second-order valence-corrected chi connectivity index (χ2v) is 21.7. The molecule has 0 aliphatic rings. The van der Waals surface area contributed by atoms with Crippen molar-refractivity contribution in [2.24, 2.45) is 0 Å². The molecule has 55 heavy (non-hydrogen) atoms. The molecule has 0 aliphatic heterocycles. The maximum absolute atomic E-state index is 3.42. The summed E-state index contributed by atoms with van der Waals surface area (Å²) in [7, 11) is 0. The molecule has 3 heteroatoms. The predicted molar refractivity (Wildman–Crippen MR) is 237 cm³/mol. The van der Waals surface area contributed by atoms with Crippen molar-refractivity contribution >= 4 is 75.7 Å². The molecule has 9 aromatic carbocycles. The van der Waals surface area contributed by atoms with E-state index in [1.165, 1.54) is 28.4 Å². The molecule has 0 heterocycles. The van der Waals surface area contributed by atoms with Crippen LogP contribution in [0.3, 0.4) is 0 Å². The quantitative estimate of drug-likeness (QED) is 0.128. The standard InChI is InChI=1S/C52H40GeN2/c1-6-21-42(22-7-1)53(43-23-8-2-9-24-43,44-25-10-3-11-26-44)45-33-35-49(36-34-45)55(52-32-18-20-41-19-16-17-31-51(41)52)50-39-37-48(38-40-50)54(46-27-12-4-13-28-46)47-29-14-5-15-30-47/h1-40H. The van der Waals surface area contributed by atoms with E-state index >= 15 is 0 Å². The summed E-state index contributed by atoms with van der Waals surface area (Å²) in [6.07, 6.45) is 0. The van der Waals surface area contributed by atoms with Crippen LogP contribution in [0.25, 0.3) is 10.8 Å². The van der Waals surface area contributed by atoms with Crippen LogP contribution in [-0.4, -0.2) is 13.3 Å². The van der Waals surface area contributed by atoms with Crippen molar-refractivity contribution in [2.75, 3.05) is 9.80 Å². The molecule has 0 unspecified atom stereocenters. The summed E-state index contributed by atoms with van der Waals surface area (Å²) in [6.45, 7) is 0. The molecule has 0 amide bonds. The van der Waals surface area contributed by atoms with Crippen LogP contribution in [0.15, 0.2) is 243 Å². The SMILES string of the molecule is c1ccc(N(c2ccccc2)c2ccc(N(c3cc[c]([Ge]([c]4ccccc4)([c]4ccccc4)[c]4ccccc4)cc3)c3cccc4ccccc34)cc2)cc1. The Morgan fingerprint density at radius 3 is 1.04 bits per heavy atom. The summed E-state index contributed by atoms with van der Waals surface area (Å²) in [4.78, 5) is 4.72. The van der Waals surface area contributed by atoms with E-state index in [0.717, 1.165) is 34.1 Å². The van der Waals surface area contributed by atoms with Gasteiger partial charge in [0, 0.05) is 0 Å². The average Bonchev–Trinajstić information content (AvgIpc) is 3.27.